The molecule has 2 aliphatic rings. The van der Waals surface area contributed by atoms with Gasteiger partial charge >= 0.3 is 0 Å². The van der Waals surface area contributed by atoms with Gasteiger partial charge in [-0.3, -0.25) is 0 Å². The minimum Gasteiger partial charge on any atom is -0.484 e. The Morgan fingerprint density at radius 1 is 0.464 bits per heavy atom. The minimum absolute atomic E-state index is 0.0797. The lowest BCUT2D eigenvalue weighted by atomic mass is 9.87. The molecule has 0 N–H and O–H groups in total. The zero-order valence-electron chi connectivity index (χ0n) is 30.3. The second kappa shape index (κ2) is 13.2. The van der Waals surface area contributed by atoms with Gasteiger partial charge < -0.3 is 9.30 Å². The summed E-state index contributed by atoms with van der Waals surface area (Å²) >= 11 is 0. The molecule has 1 aliphatic carbocycles. The molecule has 56 heavy (non-hydrogen) atoms. The van der Waals surface area contributed by atoms with Gasteiger partial charge in [0.25, 0.3) is 0 Å². The molecule has 0 spiro atoms. The average Bonchev–Trinajstić information content (AvgIpc) is 3.82. The SMILES string of the molecule is C1=CC2c3cccc(-c4nc(-c5ccccc5)nc(-c5ccccc5)n4)c3OC2C=C1c1ccc2c3ccccc3n(-c3ccc(-c4ccccc4)cc3)c2c1. The average molecular weight is 719 g/mol. The van der Waals surface area contributed by atoms with E-state index < -0.39 is 0 Å². The van der Waals surface area contributed by atoms with Crippen molar-refractivity contribution >= 4 is 27.4 Å². The van der Waals surface area contributed by atoms with E-state index in [1.807, 2.05) is 60.7 Å². The maximum Gasteiger partial charge on any atom is 0.167 e. The highest BCUT2D eigenvalue weighted by molar-refractivity contribution is 6.10. The van der Waals surface area contributed by atoms with Crippen molar-refractivity contribution in [3.63, 3.8) is 0 Å². The van der Waals surface area contributed by atoms with Crippen molar-refractivity contribution in [3.8, 4) is 56.7 Å². The topological polar surface area (TPSA) is 52.8 Å². The van der Waals surface area contributed by atoms with E-state index in [1.165, 1.54) is 32.9 Å². The summed E-state index contributed by atoms with van der Waals surface area (Å²) in [4.78, 5) is 14.9. The Labute approximate surface area is 324 Å². The van der Waals surface area contributed by atoms with Gasteiger partial charge in [0.1, 0.15) is 11.9 Å². The predicted octanol–water partition coefficient (Wildman–Crippen LogP) is 12.1. The zero-order valence-corrected chi connectivity index (χ0v) is 30.3. The fourth-order valence-electron chi connectivity index (χ4n) is 8.29. The number of hydrogen-bond donors (Lipinski definition) is 0. The molecule has 5 heteroatoms. The number of rotatable bonds is 6. The van der Waals surface area contributed by atoms with Gasteiger partial charge in [0, 0.05) is 39.1 Å². The Morgan fingerprint density at radius 3 is 1.77 bits per heavy atom. The van der Waals surface area contributed by atoms with Crippen LogP contribution in [0.5, 0.6) is 5.75 Å². The van der Waals surface area contributed by atoms with E-state index in [2.05, 4.69) is 138 Å². The van der Waals surface area contributed by atoms with E-state index in [-0.39, 0.29) is 12.0 Å². The fraction of sp³-hybridized carbons (Fsp3) is 0.0392. The van der Waals surface area contributed by atoms with Crippen molar-refractivity contribution in [2.24, 2.45) is 0 Å². The highest BCUT2D eigenvalue weighted by atomic mass is 16.5. The summed E-state index contributed by atoms with van der Waals surface area (Å²) in [7, 11) is 0. The van der Waals surface area contributed by atoms with Gasteiger partial charge in [-0.25, -0.2) is 15.0 Å². The number of fused-ring (bicyclic) bond motifs is 6. The molecule has 0 radical (unpaired) electrons. The summed E-state index contributed by atoms with van der Waals surface area (Å²) in [5, 5.41) is 2.46. The molecule has 0 bridgehead atoms. The first kappa shape index (κ1) is 32.1. The summed E-state index contributed by atoms with van der Waals surface area (Å²) in [5.41, 5.74) is 12.1. The van der Waals surface area contributed by atoms with E-state index in [4.69, 9.17) is 19.7 Å². The third kappa shape index (κ3) is 5.44. The molecular formula is C51H34N4O. The quantitative estimate of drug-likeness (QED) is 0.172. The summed E-state index contributed by atoms with van der Waals surface area (Å²) < 4.78 is 9.27. The molecule has 264 valence electrons. The van der Waals surface area contributed by atoms with E-state index in [0.717, 1.165) is 44.8 Å². The summed E-state index contributed by atoms with van der Waals surface area (Å²) in [6, 6.07) is 61.4. The van der Waals surface area contributed by atoms with Crippen LogP contribution < -0.4 is 4.74 Å². The van der Waals surface area contributed by atoms with Crippen molar-refractivity contribution in [3.05, 3.63) is 205 Å². The number of para-hydroxylation sites is 2. The third-order valence-electron chi connectivity index (χ3n) is 11.0. The van der Waals surface area contributed by atoms with Crippen LogP contribution in [0.25, 0.3) is 78.4 Å². The molecule has 0 saturated carbocycles. The Hall–Kier alpha value is -7.37. The molecule has 3 heterocycles. The van der Waals surface area contributed by atoms with Gasteiger partial charge in [-0.15, -0.1) is 0 Å². The number of benzene rings is 7. The zero-order chi connectivity index (χ0) is 37.0. The fourth-order valence-corrected chi connectivity index (χ4v) is 8.29. The predicted molar refractivity (Wildman–Crippen MR) is 227 cm³/mol. The van der Waals surface area contributed by atoms with Gasteiger partial charge in [-0.1, -0.05) is 158 Å². The molecule has 2 unspecified atom stereocenters. The van der Waals surface area contributed by atoms with Crippen LogP contribution in [-0.2, 0) is 0 Å². The molecule has 0 amide bonds. The number of aromatic nitrogens is 4. The van der Waals surface area contributed by atoms with Gasteiger partial charge in [0.15, 0.2) is 17.5 Å². The number of hydrogen-bond acceptors (Lipinski definition) is 4. The maximum atomic E-state index is 6.88. The van der Waals surface area contributed by atoms with Gasteiger partial charge in [-0.05, 0) is 58.7 Å². The minimum atomic E-state index is -0.165. The van der Waals surface area contributed by atoms with Crippen LogP contribution in [-0.4, -0.2) is 25.6 Å². The largest absolute Gasteiger partial charge is 0.484 e. The van der Waals surface area contributed by atoms with Gasteiger partial charge in [0.2, 0.25) is 0 Å². The van der Waals surface area contributed by atoms with E-state index in [1.54, 1.807) is 0 Å². The molecule has 7 aromatic carbocycles. The monoisotopic (exact) mass is 718 g/mol. The molecule has 2 aromatic heterocycles. The lowest BCUT2D eigenvalue weighted by Gasteiger charge is -2.19. The summed E-state index contributed by atoms with van der Waals surface area (Å²) in [6.07, 6.45) is 6.65. The maximum absolute atomic E-state index is 6.88. The normalized spacial score (nSPS) is 15.7. The van der Waals surface area contributed by atoms with Crippen molar-refractivity contribution in [1.29, 1.82) is 0 Å². The lowest BCUT2D eigenvalue weighted by molar-refractivity contribution is 0.270. The standard InChI is InChI=1S/C51H34N4O/c1-4-13-33(14-5-1)34-23-27-39(28-24-34)55-45-22-11-10-19-40(45)41-29-25-37(31-46(41)55)38-26-30-42-43-20-12-21-44(48(43)56-47(42)32-38)51-53-49(35-15-6-2-7-16-35)52-50(54-51)36-17-8-3-9-18-36/h1-32,42,47H. The van der Waals surface area contributed by atoms with Gasteiger partial charge in [-0.2, -0.15) is 0 Å². The van der Waals surface area contributed by atoms with Crippen LogP contribution in [0.3, 0.4) is 0 Å². The van der Waals surface area contributed by atoms with Crippen LogP contribution in [0, 0.1) is 0 Å². The second-order valence-corrected chi connectivity index (χ2v) is 14.3. The van der Waals surface area contributed by atoms with Crippen molar-refractivity contribution < 1.29 is 4.74 Å². The number of allylic oxidation sites excluding steroid dienone is 2. The third-order valence-corrected chi connectivity index (χ3v) is 11.0. The van der Waals surface area contributed by atoms with Gasteiger partial charge in [0.05, 0.1) is 16.6 Å². The summed E-state index contributed by atoms with van der Waals surface area (Å²) in [6.45, 7) is 0. The van der Waals surface area contributed by atoms with E-state index in [0.29, 0.717) is 17.5 Å². The van der Waals surface area contributed by atoms with Crippen LogP contribution in [0.15, 0.2) is 194 Å². The van der Waals surface area contributed by atoms with Crippen LogP contribution in [0.1, 0.15) is 17.0 Å². The first-order chi connectivity index (χ1) is 27.7. The van der Waals surface area contributed by atoms with Crippen LogP contribution >= 0.6 is 0 Å². The highest BCUT2D eigenvalue weighted by Gasteiger charge is 2.36. The van der Waals surface area contributed by atoms with Crippen LogP contribution in [0.4, 0.5) is 0 Å². The molecule has 5 nitrogen and oxygen atoms in total. The first-order valence-corrected chi connectivity index (χ1v) is 19.0. The molecular weight excluding hydrogens is 685 g/mol. The molecule has 2 atom stereocenters. The lowest BCUT2D eigenvalue weighted by Crippen LogP contribution is -2.17. The Balaban J connectivity index is 0.967. The first-order valence-electron chi connectivity index (χ1n) is 19.0. The van der Waals surface area contributed by atoms with Crippen molar-refractivity contribution in [1.82, 2.24) is 19.5 Å². The highest BCUT2D eigenvalue weighted by Crippen LogP contribution is 2.48. The number of ether oxygens (including phenoxy) is 1. The van der Waals surface area contributed by atoms with Crippen molar-refractivity contribution in [2.75, 3.05) is 0 Å². The van der Waals surface area contributed by atoms with Crippen LogP contribution in [0.2, 0.25) is 0 Å². The molecule has 0 saturated heterocycles. The second-order valence-electron chi connectivity index (χ2n) is 14.3. The Kier molecular flexibility index (Phi) is 7.56. The van der Waals surface area contributed by atoms with Crippen molar-refractivity contribution in [2.45, 2.75) is 12.0 Å². The molecule has 11 rings (SSSR count). The van der Waals surface area contributed by atoms with E-state index >= 15 is 0 Å². The van der Waals surface area contributed by atoms with E-state index in [9.17, 15) is 0 Å². The molecule has 0 fully saturated rings. The Bertz CT molecular complexity index is 2930. The smallest absolute Gasteiger partial charge is 0.167 e. The Morgan fingerprint density at radius 2 is 1.05 bits per heavy atom. The molecule has 9 aromatic rings. The molecule has 1 aliphatic heterocycles. The number of nitrogens with zero attached hydrogens (tertiary/aromatic N) is 4. The summed E-state index contributed by atoms with van der Waals surface area (Å²) in [5.74, 6) is 2.75.